The number of aryl methyl sites for hydroxylation is 2. The highest BCUT2D eigenvalue weighted by molar-refractivity contribution is 5.38. The molecule has 0 N–H and O–H groups in total. The first-order chi connectivity index (χ1) is 8.19. The van der Waals surface area contributed by atoms with Crippen molar-refractivity contribution in [3.8, 4) is 17.7 Å². The van der Waals surface area contributed by atoms with Crippen molar-refractivity contribution >= 4 is 0 Å². The third kappa shape index (κ3) is 2.61. The molecular weight excluding hydrogens is 212 g/mol. The number of aromatic nitrogens is 1. The van der Waals surface area contributed by atoms with E-state index in [0.29, 0.717) is 11.6 Å². The van der Waals surface area contributed by atoms with E-state index in [2.05, 4.69) is 4.98 Å². The Bertz CT molecular complexity index is 585. The van der Waals surface area contributed by atoms with Crippen LogP contribution in [0, 0.1) is 25.2 Å². The van der Waals surface area contributed by atoms with Crippen LogP contribution >= 0.6 is 0 Å². The fourth-order valence-electron chi connectivity index (χ4n) is 1.56. The molecule has 1 aromatic heterocycles. The van der Waals surface area contributed by atoms with Crippen molar-refractivity contribution in [3.05, 3.63) is 53.2 Å². The Morgan fingerprint density at radius 3 is 2.71 bits per heavy atom. The summed E-state index contributed by atoms with van der Waals surface area (Å²) in [6, 6.07) is 13.1. The second kappa shape index (κ2) is 4.67. The first kappa shape index (κ1) is 11.2. The van der Waals surface area contributed by atoms with Crippen LogP contribution in [0.3, 0.4) is 0 Å². The third-order valence-corrected chi connectivity index (χ3v) is 2.38. The van der Waals surface area contributed by atoms with Crippen molar-refractivity contribution in [2.45, 2.75) is 13.8 Å². The van der Waals surface area contributed by atoms with Gasteiger partial charge in [-0.25, -0.2) is 4.98 Å². The van der Waals surface area contributed by atoms with E-state index in [9.17, 15) is 0 Å². The van der Waals surface area contributed by atoms with Crippen LogP contribution in [0.2, 0.25) is 0 Å². The van der Waals surface area contributed by atoms with Crippen molar-refractivity contribution in [1.29, 1.82) is 5.26 Å². The van der Waals surface area contributed by atoms with Gasteiger partial charge in [-0.15, -0.1) is 0 Å². The Morgan fingerprint density at radius 1 is 1.18 bits per heavy atom. The van der Waals surface area contributed by atoms with Crippen molar-refractivity contribution < 1.29 is 4.74 Å². The molecule has 0 saturated carbocycles. The monoisotopic (exact) mass is 224 g/mol. The van der Waals surface area contributed by atoms with Crippen LogP contribution in [-0.4, -0.2) is 4.98 Å². The molecule has 0 atom stereocenters. The topological polar surface area (TPSA) is 45.9 Å². The number of hydrogen-bond donors (Lipinski definition) is 0. The second-order valence-corrected chi connectivity index (χ2v) is 3.84. The number of pyridine rings is 1. The van der Waals surface area contributed by atoms with Gasteiger partial charge in [0.2, 0.25) is 5.88 Å². The van der Waals surface area contributed by atoms with Crippen molar-refractivity contribution in [2.24, 2.45) is 0 Å². The van der Waals surface area contributed by atoms with Crippen LogP contribution in [0.5, 0.6) is 11.6 Å². The Hall–Kier alpha value is -2.34. The molecular formula is C14H12N2O. The van der Waals surface area contributed by atoms with Crippen LogP contribution in [0.25, 0.3) is 0 Å². The van der Waals surface area contributed by atoms with E-state index in [4.69, 9.17) is 10.00 Å². The maximum absolute atomic E-state index is 8.75. The lowest BCUT2D eigenvalue weighted by molar-refractivity contribution is 0.459. The van der Waals surface area contributed by atoms with Crippen LogP contribution in [-0.2, 0) is 0 Å². The largest absolute Gasteiger partial charge is 0.439 e. The SMILES string of the molecule is Cc1ccc(Oc2cccc(C#N)n2)c(C)c1. The molecule has 0 unspecified atom stereocenters. The van der Waals surface area contributed by atoms with Gasteiger partial charge >= 0.3 is 0 Å². The molecule has 1 heterocycles. The lowest BCUT2D eigenvalue weighted by Gasteiger charge is -2.08. The summed E-state index contributed by atoms with van der Waals surface area (Å²) in [7, 11) is 0. The van der Waals surface area contributed by atoms with Gasteiger partial charge in [-0.3, -0.25) is 0 Å². The van der Waals surface area contributed by atoms with Crippen LogP contribution in [0.4, 0.5) is 0 Å². The Labute approximate surface area is 100 Å². The smallest absolute Gasteiger partial charge is 0.220 e. The highest BCUT2D eigenvalue weighted by Gasteiger charge is 2.03. The summed E-state index contributed by atoms with van der Waals surface area (Å²) in [6.45, 7) is 4.02. The van der Waals surface area contributed by atoms with E-state index < -0.39 is 0 Å². The molecule has 1 aromatic carbocycles. The van der Waals surface area contributed by atoms with Gasteiger partial charge in [0.15, 0.2) is 0 Å². The van der Waals surface area contributed by atoms with E-state index in [0.717, 1.165) is 11.3 Å². The maximum Gasteiger partial charge on any atom is 0.220 e. The van der Waals surface area contributed by atoms with Crippen LogP contribution in [0.1, 0.15) is 16.8 Å². The minimum atomic E-state index is 0.354. The molecule has 3 nitrogen and oxygen atoms in total. The molecule has 0 aliphatic rings. The average Bonchev–Trinajstić information content (AvgIpc) is 2.33. The van der Waals surface area contributed by atoms with Gasteiger partial charge < -0.3 is 4.74 Å². The molecule has 84 valence electrons. The molecule has 0 amide bonds. The molecule has 0 fully saturated rings. The number of nitriles is 1. The third-order valence-electron chi connectivity index (χ3n) is 2.38. The fourth-order valence-corrected chi connectivity index (χ4v) is 1.56. The van der Waals surface area contributed by atoms with E-state index in [1.165, 1.54) is 5.56 Å². The predicted octanol–water partition coefficient (Wildman–Crippen LogP) is 3.36. The van der Waals surface area contributed by atoms with E-state index >= 15 is 0 Å². The number of hydrogen-bond acceptors (Lipinski definition) is 3. The highest BCUT2D eigenvalue weighted by atomic mass is 16.5. The Balaban J connectivity index is 2.28. The van der Waals surface area contributed by atoms with Gasteiger partial charge in [0.05, 0.1) is 0 Å². The fraction of sp³-hybridized carbons (Fsp3) is 0.143. The summed E-state index contributed by atoms with van der Waals surface area (Å²) in [5, 5.41) is 8.75. The van der Waals surface area contributed by atoms with Crippen LogP contribution < -0.4 is 4.74 Å². The number of nitrogens with zero attached hydrogens (tertiary/aromatic N) is 2. The molecule has 2 rings (SSSR count). The molecule has 0 bridgehead atoms. The standard InChI is InChI=1S/C14H12N2O/c1-10-6-7-13(11(2)8-10)17-14-5-3-4-12(9-15)16-14/h3-8H,1-2H3. The number of ether oxygens (including phenoxy) is 1. The molecule has 2 aromatic rings. The molecule has 3 heteroatoms. The van der Waals surface area contributed by atoms with Crippen molar-refractivity contribution in [1.82, 2.24) is 4.98 Å². The van der Waals surface area contributed by atoms with Gasteiger partial charge in [0.1, 0.15) is 17.5 Å². The van der Waals surface area contributed by atoms with Gasteiger partial charge in [-0.2, -0.15) is 5.26 Å². The van der Waals surface area contributed by atoms with Gasteiger partial charge in [-0.05, 0) is 31.5 Å². The highest BCUT2D eigenvalue weighted by Crippen LogP contribution is 2.24. The lowest BCUT2D eigenvalue weighted by Crippen LogP contribution is -1.92. The normalized spacial score (nSPS) is 9.71. The minimum absolute atomic E-state index is 0.354. The first-order valence-corrected chi connectivity index (χ1v) is 5.31. The van der Waals surface area contributed by atoms with E-state index in [1.807, 2.05) is 38.1 Å². The summed E-state index contributed by atoms with van der Waals surface area (Å²) < 4.78 is 5.64. The zero-order valence-corrected chi connectivity index (χ0v) is 9.77. The lowest BCUT2D eigenvalue weighted by atomic mass is 10.1. The summed E-state index contributed by atoms with van der Waals surface area (Å²) in [4.78, 5) is 4.07. The Kier molecular flexibility index (Phi) is 3.06. The molecule has 0 radical (unpaired) electrons. The quantitative estimate of drug-likeness (QED) is 0.785. The summed E-state index contributed by atoms with van der Waals surface area (Å²) in [6.07, 6.45) is 0. The van der Waals surface area contributed by atoms with Gasteiger partial charge in [-0.1, -0.05) is 23.8 Å². The van der Waals surface area contributed by atoms with Gasteiger partial charge in [0, 0.05) is 6.07 Å². The maximum atomic E-state index is 8.75. The molecule has 0 aliphatic carbocycles. The number of benzene rings is 1. The zero-order chi connectivity index (χ0) is 12.3. The van der Waals surface area contributed by atoms with Crippen molar-refractivity contribution in [2.75, 3.05) is 0 Å². The molecule has 17 heavy (non-hydrogen) atoms. The second-order valence-electron chi connectivity index (χ2n) is 3.84. The van der Waals surface area contributed by atoms with Gasteiger partial charge in [0.25, 0.3) is 0 Å². The molecule has 0 spiro atoms. The molecule has 0 aliphatic heterocycles. The zero-order valence-electron chi connectivity index (χ0n) is 9.77. The summed E-state index contributed by atoms with van der Waals surface area (Å²) in [5.74, 6) is 1.20. The van der Waals surface area contributed by atoms with Crippen LogP contribution in [0.15, 0.2) is 36.4 Å². The Morgan fingerprint density at radius 2 is 2.00 bits per heavy atom. The van der Waals surface area contributed by atoms with E-state index in [1.54, 1.807) is 18.2 Å². The number of rotatable bonds is 2. The summed E-state index contributed by atoms with van der Waals surface area (Å²) in [5.41, 5.74) is 2.59. The summed E-state index contributed by atoms with van der Waals surface area (Å²) >= 11 is 0. The first-order valence-electron chi connectivity index (χ1n) is 5.31. The predicted molar refractivity (Wildman–Crippen MR) is 64.9 cm³/mol. The van der Waals surface area contributed by atoms with Crippen molar-refractivity contribution in [3.63, 3.8) is 0 Å². The minimum Gasteiger partial charge on any atom is -0.439 e. The molecule has 0 saturated heterocycles. The van der Waals surface area contributed by atoms with E-state index in [-0.39, 0.29) is 0 Å². The average molecular weight is 224 g/mol.